The number of nitrogens with zero attached hydrogens (tertiary/aromatic N) is 2. The van der Waals surface area contributed by atoms with Gasteiger partial charge in [0, 0.05) is 34.6 Å². The second kappa shape index (κ2) is 11.9. The van der Waals surface area contributed by atoms with Crippen molar-refractivity contribution in [1.29, 1.82) is 0 Å². The molecule has 1 N–H and O–H groups in total. The van der Waals surface area contributed by atoms with E-state index >= 15 is 0 Å². The minimum absolute atomic E-state index is 0.0235. The number of carbonyl (C=O) groups is 1. The van der Waals surface area contributed by atoms with E-state index in [9.17, 15) is 22.4 Å². The highest BCUT2D eigenvalue weighted by atomic mass is 35.5. The third kappa shape index (κ3) is 7.19. The first-order chi connectivity index (χ1) is 18.5. The third-order valence-corrected chi connectivity index (χ3v) is 6.27. The number of anilines is 1. The van der Waals surface area contributed by atoms with Gasteiger partial charge in [-0.05, 0) is 60.2 Å². The van der Waals surface area contributed by atoms with Crippen LogP contribution >= 0.6 is 23.2 Å². The molecule has 0 bridgehead atoms. The number of nitrogens with one attached hydrogen (secondary N) is 1. The van der Waals surface area contributed by atoms with E-state index in [2.05, 4.69) is 15.0 Å². The highest BCUT2D eigenvalue weighted by Crippen LogP contribution is 2.32. The zero-order valence-corrected chi connectivity index (χ0v) is 21.9. The Morgan fingerprint density at radius 2 is 1.79 bits per heavy atom. The molecule has 4 aromatic rings. The minimum Gasteiger partial charge on any atom is -0.468 e. The van der Waals surface area contributed by atoms with Gasteiger partial charge in [0.05, 0.1) is 23.4 Å². The van der Waals surface area contributed by atoms with E-state index in [1.807, 2.05) is 12.1 Å². The summed E-state index contributed by atoms with van der Waals surface area (Å²) >= 11 is 12.4. The van der Waals surface area contributed by atoms with E-state index < -0.39 is 23.5 Å². The zero-order chi connectivity index (χ0) is 28.2. The molecule has 0 saturated carbocycles. The van der Waals surface area contributed by atoms with E-state index in [1.165, 1.54) is 19.3 Å². The summed E-state index contributed by atoms with van der Waals surface area (Å²) < 4.78 is 59.6. The van der Waals surface area contributed by atoms with Crippen LogP contribution in [0.15, 0.2) is 66.9 Å². The van der Waals surface area contributed by atoms with Gasteiger partial charge in [0.25, 0.3) is 0 Å². The Kier molecular flexibility index (Phi) is 8.62. The van der Waals surface area contributed by atoms with Crippen LogP contribution in [0.5, 0.6) is 0 Å². The summed E-state index contributed by atoms with van der Waals surface area (Å²) in [7, 11) is 1.31. The lowest BCUT2D eigenvalue weighted by atomic mass is 10.1. The van der Waals surface area contributed by atoms with Gasteiger partial charge in [0.15, 0.2) is 0 Å². The van der Waals surface area contributed by atoms with Crippen molar-refractivity contribution in [1.82, 2.24) is 9.55 Å². The van der Waals surface area contributed by atoms with Crippen molar-refractivity contribution in [3.63, 3.8) is 0 Å². The van der Waals surface area contributed by atoms with Crippen LogP contribution < -0.4 is 5.32 Å². The molecule has 0 aliphatic carbocycles. The smallest absolute Gasteiger partial charge is 0.416 e. The van der Waals surface area contributed by atoms with E-state index in [0.717, 1.165) is 23.4 Å². The minimum atomic E-state index is -4.64. The molecule has 39 heavy (non-hydrogen) atoms. The molecule has 0 unspecified atom stereocenters. The Balaban J connectivity index is 1.64. The average molecular weight is 578 g/mol. The van der Waals surface area contributed by atoms with E-state index in [0.29, 0.717) is 39.7 Å². The largest absolute Gasteiger partial charge is 0.468 e. The summed E-state index contributed by atoms with van der Waals surface area (Å²) in [6, 6.07) is 14.7. The first-order valence-corrected chi connectivity index (χ1v) is 12.3. The standard InChI is InChI=1S/C28H21Cl2F4N3O2/c1-39-27(38)14-35-21-8-2-17(3-9-21)15-37-16-25(22-10-7-20(29)13-23(22)30)36-26(37)11-5-18-4-6-19(12-24(18)31)28(32,33)34/h2-13,16,35H,14-15H2,1H3. The van der Waals surface area contributed by atoms with Crippen LogP contribution in [-0.4, -0.2) is 29.2 Å². The summed E-state index contributed by atoms with van der Waals surface area (Å²) in [5.41, 5.74) is 1.67. The molecule has 1 aromatic heterocycles. The van der Waals surface area contributed by atoms with Crippen LogP contribution in [0, 0.1) is 5.82 Å². The van der Waals surface area contributed by atoms with Crippen molar-refractivity contribution in [3.8, 4) is 11.3 Å². The SMILES string of the molecule is COC(=O)CNc1ccc(Cn2cc(-c3ccc(Cl)cc3Cl)nc2C=Cc2ccc(C(F)(F)F)cc2F)cc1. The molecule has 0 amide bonds. The first kappa shape index (κ1) is 28.2. The average Bonchev–Trinajstić information content (AvgIpc) is 3.28. The highest BCUT2D eigenvalue weighted by molar-refractivity contribution is 6.36. The van der Waals surface area contributed by atoms with Crippen LogP contribution in [0.4, 0.5) is 23.2 Å². The molecule has 0 atom stereocenters. The molecule has 0 radical (unpaired) electrons. The van der Waals surface area contributed by atoms with E-state index in [4.69, 9.17) is 23.2 Å². The summed E-state index contributed by atoms with van der Waals surface area (Å²) in [6.07, 6.45) is 0.00443. The monoisotopic (exact) mass is 577 g/mol. The Labute approximate surface area is 231 Å². The maximum absolute atomic E-state index is 14.4. The van der Waals surface area contributed by atoms with Gasteiger partial charge in [-0.25, -0.2) is 9.37 Å². The van der Waals surface area contributed by atoms with Gasteiger partial charge < -0.3 is 14.6 Å². The molecule has 0 aliphatic rings. The quantitative estimate of drug-likeness (QED) is 0.171. The number of rotatable bonds is 8. The second-order valence-corrected chi connectivity index (χ2v) is 9.27. The molecule has 3 aromatic carbocycles. The molecule has 5 nitrogen and oxygen atoms in total. The lowest BCUT2D eigenvalue weighted by Gasteiger charge is -2.09. The fourth-order valence-electron chi connectivity index (χ4n) is 3.69. The maximum Gasteiger partial charge on any atom is 0.416 e. The first-order valence-electron chi connectivity index (χ1n) is 11.5. The Morgan fingerprint density at radius 1 is 1.05 bits per heavy atom. The number of ether oxygens (including phenoxy) is 1. The predicted octanol–water partition coefficient (Wildman–Crippen LogP) is 7.82. The number of aromatic nitrogens is 2. The number of esters is 1. The van der Waals surface area contributed by atoms with Crippen LogP contribution in [0.1, 0.15) is 22.5 Å². The number of hydrogen-bond donors (Lipinski definition) is 1. The van der Waals surface area contributed by atoms with Crippen LogP contribution in [-0.2, 0) is 22.3 Å². The fraction of sp³-hybridized carbons (Fsp3) is 0.143. The molecule has 0 saturated heterocycles. The second-order valence-electron chi connectivity index (χ2n) is 8.43. The maximum atomic E-state index is 14.4. The van der Waals surface area contributed by atoms with E-state index in [1.54, 1.807) is 41.1 Å². The molecule has 0 aliphatic heterocycles. The number of alkyl halides is 3. The number of carbonyl (C=O) groups excluding carboxylic acids is 1. The summed E-state index contributed by atoms with van der Waals surface area (Å²) in [5, 5.41) is 3.80. The lowest BCUT2D eigenvalue weighted by molar-refractivity contribution is -0.139. The number of methoxy groups -OCH3 is 1. The number of imidazole rings is 1. The molecule has 0 fully saturated rings. The lowest BCUT2D eigenvalue weighted by Crippen LogP contribution is -2.14. The zero-order valence-electron chi connectivity index (χ0n) is 20.4. The Bertz CT molecular complexity index is 1520. The molecular weight excluding hydrogens is 557 g/mol. The van der Waals surface area contributed by atoms with Gasteiger partial charge in [-0.3, -0.25) is 4.79 Å². The molecule has 0 spiro atoms. The van der Waals surface area contributed by atoms with Gasteiger partial charge in [0.2, 0.25) is 0 Å². The van der Waals surface area contributed by atoms with Crippen LogP contribution in [0.25, 0.3) is 23.4 Å². The van der Waals surface area contributed by atoms with Crippen molar-refractivity contribution in [3.05, 3.63) is 105 Å². The van der Waals surface area contributed by atoms with Crippen LogP contribution in [0.3, 0.4) is 0 Å². The van der Waals surface area contributed by atoms with Crippen molar-refractivity contribution < 1.29 is 27.1 Å². The van der Waals surface area contributed by atoms with Crippen molar-refractivity contribution in [2.75, 3.05) is 19.0 Å². The summed E-state index contributed by atoms with van der Waals surface area (Å²) in [5.74, 6) is -0.981. The predicted molar refractivity (Wildman–Crippen MR) is 144 cm³/mol. The third-order valence-electron chi connectivity index (χ3n) is 5.73. The van der Waals surface area contributed by atoms with Gasteiger partial charge in [-0.1, -0.05) is 41.4 Å². The number of hydrogen-bond acceptors (Lipinski definition) is 4. The molecule has 4 rings (SSSR count). The van der Waals surface area contributed by atoms with Gasteiger partial charge >= 0.3 is 12.1 Å². The molecular formula is C28H21Cl2F4N3O2. The van der Waals surface area contributed by atoms with Crippen molar-refractivity contribution in [2.24, 2.45) is 0 Å². The van der Waals surface area contributed by atoms with Crippen LogP contribution in [0.2, 0.25) is 10.0 Å². The Hall–Kier alpha value is -3.82. The summed E-state index contributed by atoms with van der Waals surface area (Å²) in [6.45, 7) is 0.392. The topological polar surface area (TPSA) is 56.1 Å². The summed E-state index contributed by atoms with van der Waals surface area (Å²) in [4.78, 5) is 16.0. The van der Waals surface area contributed by atoms with E-state index in [-0.39, 0.29) is 12.1 Å². The normalized spacial score (nSPS) is 11.7. The molecule has 202 valence electrons. The van der Waals surface area contributed by atoms with Crippen molar-refractivity contribution >= 4 is 47.0 Å². The fourth-order valence-corrected chi connectivity index (χ4v) is 4.20. The number of benzene rings is 3. The van der Waals surface area contributed by atoms with Crippen molar-refractivity contribution in [2.45, 2.75) is 12.7 Å². The highest BCUT2D eigenvalue weighted by Gasteiger charge is 2.31. The molecule has 1 heterocycles. The number of halogens is 6. The van der Waals surface area contributed by atoms with Gasteiger partial charge in [-0.15, -0.1) is 0 Å². The molecule has 11 heteroatoms. The Morgan fingerprint density at radius 3 is 2.44 bits per heavy atom. The van der Waals surface area contributed by atoms with Gasteiger partial charge in [-0.2, -0.15) is 13.2 Å². The van der Waals surface area contributed by atoms with Gasteiger partial charge in [0.1, 0.15) is 18.2 Å².